The van der Waals surface area contributed by atoms with Crippen molar-refractivity contribution in [3.05, 3.63) is 87.8 Å². The zero-order valence-electron chi connectivity index (χ0n) is 18.5. The minimum Gasteiger partial charge on any atom is -0.384 e. The number of fused-ring (bicyclic) bond motifs is 3. The molecule has 5 aromatic rings. The molecule has 3 atom stereocenters. The summed E-state index contributed by atoms with van der Waals surface area (Å²) >= 11 is 6.30. The van der Waals surface area contributed by atoms with Crippen molar-refractivity contribution in [2.45, 2.75) is 18.4 Å². The first kappa shape index (κ1) is 20.9. The third kappa shape index (κ3) is 3.16. The maximum absolute atomic E-state index is 14.4. The Balaban J connectivity index is 1.31. The number of hydrogen-bond donors (Lipinski definition) is 2. The third-order valence-electron chi connectivity index (χ3n) is 6.90. The SMILES string of the molecule is Nc1ccc(-c2cnc(C3C4CC4c4cc(-c5cc(Cl)ccc5-n5cnnn5)cc(=O)n43)[nH]2)c(F)n1. The number of benzene rings is 1. The van der Waals surface area contributed by atoms with Gasteiger partial charge < -0.3 is 15.3 Å². The van der Waals surface area contributed by atoms with Gasteiger partial charge in [-0.15, -0.1) is 5.10 Å². The number of pyridine rings is 2. The molecule has 0 bridgehead atoms. The van der Waals surface area contributed by atoms with Crippen LogP contribution in [-0.4, -0.2) is 39.7 Å². The highest BCUT2D eigenvalue weighted by molar-refractivity contribution is 6.31. The minimum atomic E-state index is -0.678. The summed E-state index contributed by atoms with van der Waals surface area (Å²) in [5, 5.41) is 12.0. The van der Waals surface area contributed by atoms with Gasteiger partial charge in [-0.25, -0.2) is 9.97 Å². The van der Waals surface area contributed by atoms with E-state index in [9.17, 15) is 9.18 Å². The van der Waals surface area contributed by atoms with Crippen LogP contribution in [0.1, 0.15) is 29.9 Å². The summed E-state index contributed by atoms with van der Waals surface area (Å²) in [4.78, 5) is 24.9. The number of tetrazole rings is 1. The number of anilines is 1. The van der Waals surface area contributed by atoms with Crippen LogP contribution in [0.5, 0.6) is 0 Å². The molecular formula is C24H17ClFN9O. The lowest BCUT2D eigenvalue weighted by atomic mass is 10.0. The van der Waals surface area contributed by atoms with Gasteiger partial charge in [0.1, 0.15) is 18.0 Å². The summed E-state index contributed by atoms with van der Waals surface area (Å²) in [5.74, 6) is 0.510. The van der Waals surface area contributed by atoms with E-state index in [0.29, 0.717) is 22.2 Å². The number of nitrogens with zero attached hydrogens (tertiary/aromatic N) is 7. The molecule has 36 heavy (non-hydrogen) atoms. The number of nitrogens with one attached hydrogen (secondary N) is 1. The Kier molecular flexibility index (Phi) is 4.40. The van der Waals surface area contributed by atoms with Crippen molar-refractivity contribution < 1.29 is 4.39 Å². The molecule has 1 aliphatic heterocycles. The summed E-state index contributed by atoms with van der Waals surface area (Å²) in [6.45, 7) is 0. The van der Waals surface area contributed by atoms with E-state index in [1.54, 1.807) is 35.0 Å². The van der Waals surface area contributed by atoms with E-state index in [4.69, 9.17) is 17.3 Å². The van der Waals surface area contributed by atoms with Crippen molar-refractivity contribution in [1.29, 1.82) is 0 Å². The van der Waals surface area contributed by atoms with Crippen LogP contribution in [0, 0.1) is 11.9 Å². The maximum Gasteiger partial charge on any atom is 0.252 e. The topological polar surface area (TPSA) is 133 Å². The second-order valence-electron chi connectivity index (χ2n) is 9.00. The van der Waals surface area contributed by atoms with E-state index in [1.807, 2.05) is 12.1 Å². The molecule has 2 aliphatic rings. The molecule has 0 saturated heterocycles. The van der Waals surface area contributed by atoms with Crippen LogP contribution in [0.4, 0.5) is 10.2 Å². The number of H-pyrrole nitrogens is 1. The van der Waals surface area contributed by atoms with Gasteiger partial charge in [0.25, 0.3) is 5.56 Å². The molecule has 1 aliphatic carbocycles. The fourth-order valence-electron chi connectivity index (χ4n) is 5.24. The lowest BCUT2D eigenvalue weighted by Gasteiger charge is -2.18. The largest absolute Gasteiger partial charge is 0.384 e. The van der Waals surface area contributed by atoms with E-state index in [0.717, 1.165) is 23.2 Å². The van der Waals surface area contributed by atoms with Gasteiger partial charge in [-0.1, -0.05) is 11.6 Å². The van der Waals surface area contributed by atoms with Crippen LogP contribution in [0.3, 0.4) is 0 Å². The van der Waals surface area contributed by atoms with E-state index >= 15 is 0 Å². The predicted octanol–water partition coefficient (Wildman–Crippen LogP) is 3.36. The van der Waals surface area contributed by atoms with Gasteiger partial charge >= 0.3 is 0 Å². The Hall–Kier alpha value is -4.38. The Morgan fingerprint density at radius 1 is 1.14 bits per heavy atom. The number of nitrogens with two attached hydrogens (primary N) is 1. The highest BCUT2D eigenvalue weighted by atomic mass is 35.5. The van der Waals surface area contributed by atoms with Gasteiger partial charge in [0.2, 0.25) is 5.95 Å². The standard InChI is InChI=1S/C24H17ClFN9O/c25-12-1-3-18(34-10-29-32-33-34)14(7-12)11-5-19-15-8-16(15)22(35(19)21(36)6-11)24-28-9-17(30-24)13-2-4-20(27)31-23(13)26/h1-7,9-10,15-16,22H,8H2,(H2,27,31)(H,28,30). The molecule has 0 radical (unpaired) electrons. The monoisotopic (exact) mass is 501 g/mol. The molecule has 0 spiro atoms. The van der Waals surface area contributed by atoms with Crippen molar-refractivity contribution in [2.24, 2.45) is 5.92 Å². The number of aromatic nitrogens is 8. The molecule has 4 aromatic heterocycles. The predicted molar refractivity (Wildman–Crippen MR) is 129 cm³/mol. The highest BCUT2D eigenvalue weighted by Gasteiger charge is 2.54. The number of hydrogen-bond acceptors (Lipinski definition) is 7. The molecule has 1 aromatic carbocycles. The Bertz CT molecular complexity index is 1710. The summed E-state index contributed by atoms with van der Waals surface area (Å²) in [7, 11) is 0. The molecule has 12 heteroatoms. The Morgan fingerprint density at radius 3 is 2.83 bits per heavy atom. The van der Waals surface area contributed by atoms with Crippen molar-refractivity contribution >= 4 is 17.4 Å². The van der Waals surface area contributed by atoms with E-state index in [2.05, 4.69) is 30.5 Å². The average molecular weight is 502 g/mol. The molecule has 1 saturated carbocycles. The molecular weight excluding hydrogens is 485 g/mol. The Morgan fingerprint density at radius 2 is 2.03 bits per heavy atom. The third-order valence-corrected chi connectivity index (χ3v) is 7.14. The number of nitrogen functional groups attached to an aromatic ring is 1. The minimum absolute atomic E-state index is 0.104. The molecule has 3 unspecified atom stereocenters. The molecule has 10 nitrogen and oxygen atoms in total. The summed E-state index contributed by atoms with van der Waals surface area (Å²) in [6.07, 6.45) is 4.00. The summed E-state index contributed by atoms with van der Waals surface area (Å²) < 4.78 is 17.7. The van der Waals surface area contributed by atoms with Crippen LogP contribution in [0.25, 0.3) is 28.1 Å². The second kappa shape index (κ2) is 7.56. The lowest BCUT2D eigenvalue weighted by Crippen LogP contribution is -2.26. The molecule has 1 fully saturated rings. The first-order valence-electron chi connectivity index (χ1n) is 11.2. The maximum atomic E-state index is 14.4. The lowest BCUT2D eigenvalue weighted by molar-refractivity contribution is 0.514. The Labute approximate surface area is 207 Å². The zero-order valence-corrected chi connectivity index (χ0v) is 19.3. The van der Waals surface area contributed by atoms with Gasteiger partial charge in [-0.3, -0.25) is 4.79 Å². The van der Waals surface area contributed by atoms with Crippen LogP contribution < -0.4 is 11.3 Å². The zero-order chi connectivity index (χ0) is 24.6. The van der Waals surface area contributed by atoms with Crippen molar-refractivity contribution in [1.82, 2.24) is 39.7 Å². The molecule has 7 rings (SSSR count). The smallest absolute Gasteiger partial charge is 0.252 e. The van der Waals surface area contributed by atoms with Crippen molar-refractivity contribution in [3.8, 4) is 28.1 Å². The van der Waals surface area contributed by atoms with Gasteiger partial charge in [0.05, 0.1) is 29.2 Å². The number of aromatic amines is 1. The van der Waals surface area contributed by atoms with E-state index in [1.165, 1.54) is 17.1 Å². The van der Waals surface area contributed by atoms with Crippen molar-refractivity contribution in [2.75, 3.05) is 5.73 Å². The summed E-state index contributed by atoms with van der Waals surface area (Å²) in [6, 6.07) is 11.8. The number of imidazole rings is 1. The van der Waals surface area contributed by atoms with Gasteiger partial charge in [0.15, 0.2) is 0 Å². The average Bonchev–Trinajstić information content (AvgIpc) is 3.20. The molecule has 178 valence electrons. The number of rotatable bonds is 4. The quantitative estimate of drug-likeness (QED) is 0.361. The fourth-order valence-corrected chi connectivity index (χ4v) is 5.42. The molecule has 0 amide bonds. The molecule has 3 N–H and O–H groups in total. The number of halogens is 2. The van der Waals surface area contributed by atoms with Gasteiger partial charge in [-0.2, -0.15) is 9.07 Å². The molecule has 5 heterocycles. The first-order valence-corrected chi connectivity index (χ1v) is 11.6. The normalized spacial score (nSPS) is 19.8. The van der Waals surface area contributed by atoms with Crippen LogP contribution in [0.15, 0.2) is 59.8 Å². The first-order chi connectivity index (χ1) is 17.5. The van der Waals surface area contributed by atoms with Crippen molar-refractivity contribution in [3.63, 3.8) is 0 Å². The van der Waals surface area contributed by atoms with Gasteiger partial charge in [0, 0.05) is 28.3 Å². The second-order valence-corrected chi connectivity index (χ2v) is 9.44. The van der Waals surface area contributed by atoms with Crippen LogP contribution >= 0.6 is 11.6 Å². The van der Waals surface area contributed by atoms with Gasteiger partial charge in [-0.05, 0) is 64.7 Å². The van der Waals surface area contributed by atoms with E-state index in [-0.39, 0.29) is 34.8 Å². The van der Waals surface area contributed by atoms with Crippen LogP contribution in [-0.2, 0) is 0 Å². The van der Waals surface area contributed by atoms with Crippen LogP contribution in [0.2, 0.25) is 5.02 Å². The summed E-state index contributed by atoms with van der Waals surface area (Å²) in [5.41, 5.74) is 9.31. The van der Waals surface area contributed by atoms with E-state index < -0.39 is 5.95 Å². The fraction of sp³-hybridized carbons (Fsp3) is 0.167. The highest BCUT2D eigenvalue weighted by Crippen LogP contribution is 2.60.